The summed E-state index contributed by atoms with van der Waals surface area (Å²) in [6.45, 7) is 8.57. The van der Waals surface area contributed by atoms with Crippen LogP contribution < -0.4 is 14.2 Å². The fraction of sp³-hybridized carbons (Fsp3) is 0.533. The molecular weight excluding hydrogens is 1300 g/mol. The fourth-order valence-corrected chi connectivity index (χ4v) is 15.9. The van der Waals surface area contributed by atoms with E-state index >= 15 is 0 Å². The van der Waals surface area contributed by atoms with Crippen molar-refractivity contribution in [3.63, 3.8) is 0 Å². The van der Waals surface area contributed by atoms with Crippen LogP contribution in [0, 0.1) is 0 Å². The Balaban J connectivity index is 0.932. The standard InChI is InChI=1S/C90H123BN6O6S/c1-7-10-13-16-19-22-25-28-31-34-37-40-43-49-70-52-46-55-73(64-70)100-76-58-61-79-82(67-76)86-92-85(79)94-90-84-69-78(102-75-57-48-54-72(66-75)51-45-42-39-36-33-30-27-24-21-18-15-12-9-3)60-63-81(84)89(97(90)91(4)103-104(6,98)99)95-88-83-68-77(59-62-80(83)87(93-86)96(88)5)101-74-56-47-53-71(65-74)50-44-41-38-35-32-29-26-23-20-17-14-11-8-2/h46-48,52-69H,7-45,49-51H2,1-6H3. The minimum atomic E-state index is -4.01. The average molecular weight is 1430 g/mol. The molecule has 0 aliphatic carbocycles. The van der Waals surface area contributed by atoms with E-state index in [4.69, 9.17) is 38.2 Å². The van der Waals surface area contributed by atoms with Crippen LogP contribution >= 0.6 is 0 Å². The summed E-state index contributed by atoms with van der Waals surface area (Å²) >= 11 is 0. The van der Waals surface area contributed by atoms with Gasteiger partial charge in [-0.15, -0.1) is 0 Å². The Morgan fingerprint density at radius 1 is 0.327 bits per heavy atom. The van der Waals surface area contributed by atoms with Crippen molar-refractivity contribution in [1.29, 1.82) is 0 Å². The zero-order valence-electron chi connectivity index (χ0n) is 64.4. The Labute approximate surface area is 625 Å². The Kier molecular flexibility index (Phi) is 32.6. The summed E-state index contributed by atoms with van der Waals surface area (Å²) in [5.41, 5.74) is 7.25. The molecule has 1 aliphatic rings. The van der Waals surface area contributed by atoms with Crippen LogP contribution in [-0.4, -0.2) is 50.7 Å². The number of aromatic nitrogens is 6. The van der Waals surface area contributed by atoms with Gasteiger partial charge in [0.2, 0.25) is 0 Å². The van der Waals surface area contributed by atoms with Gasteiger partial charge in [0.05, 0.1) is 6.26 Å². The van der Waals surface area contributed by atoms with Crippen LogP contribution in [0.1, 0.15) is 288 Å². The molecule has 0 saturated heterocycles. The number of hydrogen-bond acceptors (Lipinski definition) is 10. The van der Waals surface area contributed by atoms with Gasteiger partial charge < -0.3 is 27.4 Å². The molecule has 1 aliphatic heterocycles. The van der Waals surface area contributed by atoms with E-state index in [0.717, 1.165) is 83.9 Å². The van der Waals surface area contributed by atoms with Gasteiger partial charge in [-0.2, -0.15) is 0 Å². The van der Waals surface area contributed by atoms with Crippen molar-refractivity contribution in [1.82, 2.24) is 29.0 Å². The molecule has 0 fully saturated rings. The number of benzene rings is 6. The van der Waals surface area contributed by atoms with Gasteiger partial charge in [-0.25, -0.2) is 28.4 Å². The van der Waals surface area contributed by atoms with E-state index in [1.165, 1.54) is 248 Å². The van der Waals surface area contributed by atoms with E-state index < -0.39 is 17.2 Å². The van der Waals surface area contributed by atoms with Gasteiger partial charge in [0, 0.05) is 39.7 Å². The maximum atomic E-state index is 13.3. The highest BCUT2D eigenvalue weighted by atomic mass is 32.2. The fourth-order valence-electron chi connectivity index (χ4n) is 15.3. The molecule has 0 amide bonds. The Morgan fingerprint density at radius 3 is 1.03 bits per heavy atom. The third-order valence-electron chi connectivity index (χ3n) is 21.1. The minimum absolute atomic E-state index is 0.391. The molecule has 10 rings (SSSR count). The monoisotopic (exact) mass is 1430 g/mol. The molecule has 9 aromatic rings. The second kappa shape index (κ2) is 42.8. The molecule has 0 atom stereocenters. The molecule has 0 radical (unpaired) electrons. The van der Waals surface area contributed by atoms with Crippen LogP contribution in [0.2, 0.25) is 6.82 Å². The first-order valence-electron chi connectivity index (χ1n) is 41.2. The quantitative estimate of drug-likeness (QED) is 0.0268. The van der Waals surface area contributed by atoms with Gasteiger partial charge in [0.25, 0.3) is 10.1 Å². The Morgan fingerprint density at radius 2 is 0.635 bits per heavy atom. The molecule has 0 spiro atoms. The van der Waals surface area contributed by atoms with Crippen molar-refractivity contribution in [2.75, 3.05) is 6.26 Å². The van der Waals surface area contributed by atoms with Crippen molar-refractivity contribution in [2.24, 2.45) is 7.05 Å². The smallest absolute Gasteiger partial charge is 0.437 e. The topological polar surface area (TPSA) is 132 Å². The SMILES string of the molecule is CCCCCCCCCCCCCCCc1cccc(Oc2ccc3c(c2)-c2nc-3nc3c4cc(Oc5cccc(CCCCCCCCCCCCCCC)c5)ccc4c(nc4c5cc(Oc6cccc(CCCCCCCCCCCCCCC)c6)ccc5c(n2)n4C)n3B(C)OS(C)(=O)=O)c1. The number of ether oxygens (including phenoxy) is 3. The molecule has 558 valence electrons. The van der Waals surface area contributed by atoms with Gasteiger partial charge in [0.15, 0.2) is 11.6 Å². The summed E-state index contributed by atoms with van der Waals surface area (Å²) in [5.74, 6) is 4.96. The first-order chi connectivity index (χ1) is 50.9. The van der Waals surface area contributed by atoms with Crippen LogP contribution in [0.5, 0.6) is 34.5 Å². The Bertz CT molecular complexity index is 4300. The van der Waals surface area contributed by atoms with E-state index in [1.807, 2.05) is 84.4 Å². The van der Waals surface area contributed by atoms with Crippen LogP contribution in [0.25, 0.3) is 66.9 Å². The second-order valence-electron chi connectivity index (χ2n) is 30.1. The zero-order valence-corrected chi connectivity index (χ0v) is 65.3. The molecule has 6 aromatic carbocycles. The summed E-state index contributed by atoms with van der Waals surface area (Å²) in [6, 6.07) is 43.3. The molecule has 14 heteroatoms. The third kappa shape index (κ3) is 24.6. The summed E-state index contributed by atoms with van der Waals surface area (Å²) in [7, 11) is -3.15. The van der Waals surface area contributed by atoms with Crippen LogP contribution in [0.4, 0.5) is 0 Å². The number of hydrogen-bond donors (Lipinski definition) is 0. The van der Waals surface area contributed by atoms with Gasteiger partial charge in [-0.1, -0.05) is 288 Å². The number of fused-ring (bicyclic) bond motifs is 15. The molecule has 104 heavy (non-hydrogen) atoms. The van der Waals surface area contributed by atoms with E-state index in [2.05, 4.69) is 75.4 Å². The third-order valence-corrected chi connectivity index (χ3v) is 21.8. The first kappa shape index (κ1) is 79.3. The maximum absolute atomic E-state index is 13.3. The number of nitrogens with zero attached hydrogens (tertiary/aromatic N) is 6. The lowest BCUT2D eigenvalue weighted by molar-refractivity contribution is 0.481. The normalized spacial score (nSPS) is 11.9. The molecule has 12 nitrogen and oxygen atoms in total. The predicted molar refractivity (Wildman–Crippen MR) is 437 cm³/mol. The number of unbranched alkanes of at least 4 members (excludes halogenated alkanes) is 36. The van der Waals surface area contributed by atoms with Crippen molar-refractivity contribution < 1.29 is 26.7 Å². The van der Waals surface area contributed by atoms with Crippen molar-refractivity contribution in [2.45, 2.75) is 297 Å². The number of rotatable bonds is 51. The van der Waals surface area contributed by atoms with Crippen molar-refractivity contribution in [3.05, 3.63) is 144 Å². The minimum Gasteiger partial charge on any atom is -0.457 e. The van der Waals surface area contributed by atoms with E-state index in [-0.39, 0.29) is 0 Å². The lowest BCUT2D eigenvalue weighted by Crippen LogP contribution is -2.28. The average Bonchev–Trinajstić information content (AvgIpc) is 1.57. The highest BCUT2D eigenvalue weighted by molar-refractivity contribution is 7.86. The summed E-state index contributed by atoms with van der Waals surface area (Å²) in [5, 5.41) is 2.98. The summed E-state index contributed by atoms with van der Waals surface area (Å²) in [4.78, 5) is 21.8. The second-order valence-corrected chi connectivity index (χ2v) is 31.7. The lowest BCUT2D eigenvalue weighted by Gasteiger charge is -2.11. The largest absolute Gasteiger partial charge is 0.457 e. The predicted octanol–water partition coefficient (Wildman–Crippen LogP) is 27.0. The van der Waals surface area contributed by atoms with E-state index in [9.17, 15) is 8.42 Å². The van der Waals surface area contributed by atoms with E-state index in [1.54, 1.807) is 11.3 Å². The molecule has 4 heterocycles. The molecule has 6 bridgehead atoms. The van der Waals surface area contributed by atoms with Gasteiger partial charge in [-0.05, 0) is 153 Å². The molecule has 3 aromatic heterocycles. The van der Waals surface area contributed by atoms with E-state index in [0.29, 0.717) is 62.3 Å². The van der Waals surface area contributed by atoms with Crippen molar-refractivity contribution >= 4 is 61.3 Å². The van der Waals surface area contributed by atoms with Gasteiger partial charge in [0.1, 0.15) is 57.1 Å². The maximum Gasteiger partial charge on any atom is 0.437 e. The zero-order chi connectivity index (χ0) is 72.6. The molecule has 0 unspecified atom stereocenters. The van der Waals surface area contributed by atoms with Gasteiger partial charge in [-0.3, -0.25) is 0 Å². The van der Waals surface area contributed by atoms with Crippen LogP contribution in [0.3, 0.4) is 0 Å². The Hall–Kier alpha value is -7.29. The highest BCUT2D eigenvalue weighted by Crippen LogP contribution is 2.41. The number of aryl methyl sites for hydroxylation is 4. The summed E-state index contributed by atoms with van der Waals surface area (Å²) < 4.78 is 56.7. The molecular formula is C90H123BN6O6S. The first-order valence-corrected chi connectivity index (χ1v) is 43.0. The summed E-state index contributed by atoms with van der Waals surface area (Å²) in [6.07, 6.45) is 55.8. The highest BCUT2D eigenvalue weighted by Gasteiger charge is 2.29. The van der Waals surface area contributed by atoms with Crippen LogP contribution in [-0.2, 0) is 40.5 Å². The van der Waals surface area contributed by atoms with Crippen molar-refractivity contribution in [3.8, 4) is 57.3 Å². The molecule has 0 saturated carbocycles. The molecule has 0 N–H and O–H groups in total. The van der Waals surface area contributed by atoms with Crippen LogP contribution in [0.15, 0.2) is 127 Å². The lowest BCUT2D eigenvalue weighted by atomic mass is 9.88. The van der Waals surface area contributed by atoms with Gasteiger partial charge >= 0.3 is 7.05 Å².